The molecular weight excluding hydrogens is 364 g/mol. The first kappa shape index (κ1) is 19.4. The Morgan fingerprint density at radius 3 is 2.59 bits per heavy atom. The summed E-state index contributed by atoms with van der Waals surface area (Å²) in [5.74, 6) is 0.591. The molecule has 1 aliphatic rings. The van der Waals surface area contributed by atoms with Gasteiger partial charge in [-0.15, -0.1) is 11.8 Å². The second-order valence-electron chi connectivity index (χ2n) is 8.21. The minimum Gasteiger partial charge on any atom is -0.340 e. The maximum Gasteiger partial charge on any atom is 0.252 e. The van der Waals surface area contributed by atoms with Gasteiger partial charge in [-0.25, -0.2) is 0 Å². The van der Waals surface area contributed by atoms with E-state index < -0.39 is 5.54 Å². The molecule has 2 amide bonds. The molecule has 0 radical (unpaired) electrons. The van der Waals surface area contributed by atoms with E-state index in [1.807, 2.05) is 47.6 Å². The quantitative estimate of drug-likeness (QED) is 0.836. The lowest BCUT2D eigenvalue weighted by Crippen LogP contribution is -2.42. The van der Waals surface area contributed by atoms with E-state index >= 15 is 0 Å². The van der Waals surface area contributed by atoms with Crippen LogP contribution >= 0.6 is 11.8 Å². The van der Waals surface area contributed by atoms with Crippen molar-refractivity contribution < 1.29 is 14.1 Å². The third kappa shape index (κ3) is 4.00. The minimum absolute atomic E-state index is 0.0631. The van der Waals surface area contributed by atoms with Gasteiger partial charge in [0.25, 0.3) is 5.91 Å². The Hall–Kier alpha value is -2.35. The van der Waals surface area contributed by atoms with Gasteiger partial charge in [-0.05, 0) is 39.0 Å². The fourth-order valence-electron chi connectivity index (χ4n) is 2.54. The molecule has 2 N–H and O–H groups in total. The van der Waals surface area contributed by atoms with Crippen LogP contribution in [0.15, 0.2) is 27.6 Å². The summed E-state index contributed by atoms with van der Waals surface area (Å²) >= 11 is 1.48. The Bertz CT molecular complexity index is 899. The maximum absolute atomic E-state index is 12.8. The molecule has 2 heterocycles. The molecule has 2 aromatic rings. The molecule has 0 fully saturated rings. The summed E-state index contributed by atoms with van der Waals surface area (Å²) in [7, 11) is 0. The molecule has 0 saturated carbocycles. The number of carbonyl (C=O) groups excluding carboxylic acids is 2. The number of amides is 2. The molecular formula is C19H24N4O3S. The van der Waals surface area contributed by atoms with Gasteiger partial charge in [0.2, 0.25) is 11.8 Å². The average molecular weight is 388 g/mol. The lowest BCUT2D eigenvalue weighted by molar-refractivity contribution is -0.115. The van der Waals surface area contributed by atoms with Crippen molar-refractivity contribution in [1.29, 1.82) is 0 Å². The van der Waals surface area contributed by atoms with Crippen molar-refractivity contribution in [3.05, 3.63) is 35.5 Å². The Kier molecular flexibility index (Phi) is 4.80. The van der Waals surface area contributed by atoms with Gasteiger partial charge in [-0.3, -0.25) is 9.59 Å². The smallest absolute Gasteiger partial charge is 0.252 e. The van der Waals surface area contributed by atoms with Crippen LogP contribution in [0.1, 0.15) is 63.6 Å². The molecule has 8 heteroatoms. The summed E-state index contributed by atoms with van der Waals surface area (Å²) in [4.78, 5) is 30.0. The predicted octanol–water partition coefficient (Wildman–Crippen LogP) is 3.46. The van der Waals surface area contributed by atoms with Gasteiger partial charge in [-0.2, -0.15) is 4.98 Å². The molecule has 0 spiro atoms. The molecule has 1 aromatic heterocycles. The van der Waals surface area contributed by atoms with Crippen molar-refractivity contribution in [2.75, 3.05) is 5.32 Å². The average Bonchev–Trinajstić information content (AvgIpc) is 3.06. The minimum atomic E-state index is -0.813. The van der Waals surface area contributed by atoms with Crippen LogP contribution in [0, 0.1) is 0 Å². The zero-order valence-corrected chi connectivity index (χ0v) is 17.2. The van der Waals surface area contributed by atoms with Gasteiger partial charge < -0.3 is 15.2 Å². The zero-order chi connectivity index (χ0) is 20.0. The van der Waals surface area contributed by atoms with Gasteiger partial charge >= 0.3 is 0 Å². The monoisotopic (exact) mass is 388 g/mol. The summed E-state index contributed by atoms with van der Waals surface area (Å²) in [6.07, 6.45) is 0. The first-order valence-corrected chi connectivity index (χ1v) is 9.64. The molecule has 0 bridgehead atoms. The number of hydrogen-bond donors (Lipinski definition) is 2. The van der Waals surface area contributed by atoms with Gasteiger partial charge in [-0.1, -0.05) is 25.9 Å². The summed E-state index contributed by atoms with van der Waals surface area (Å²) in [6.45, 7) is 11.4. The highest BCUT2D eigenvalue weighted by atomic mass is 32.2. The van der Waals surface area contributed by atoms with E-state index in [1.165, 1.54) is 11.8 Å². The van der Waals surface area contributed by atoms with Crippen molar-refractivity contribution in [2.24, 2.45) is 0 Å². The standard InChI is InChI=1S/C19H24N4O3S/c1-10-14(24)20-12-9-11(7-8-13(12)27-10)15(25)22-19(5,6)16-21-17(26-23-16)18(2,3)4/h7-10H,1-6H3,(H,20,24)(H,22,25)/t10-/m1/s1. The van der Waals surface area contributed by atoms with Gasteiger partial charge in [0.15, 0.2) is 5.82 Å². The van der Waals surface area contributed by atoms with Crippen LogP contribution in [0.2, 0.25) is 0 Å². The van der Waals surface area contributed by atoms with E-state index in [0.717, 1.165) is 4.90 Å². The van der Waals surface area contributed by atoms with E-state index in [0.29, 0.717) is 23.0 Å². The summed E-state index contributed by atoms with van der Waals surface area (Å²) in [5, 5.41) is 9.66. The molecule has 1 aromatic carbocycles. The number of benzene rings is 1. The molecule has 3 rings (SSSR count). The highest BCUT2D eigenvalue weighted by molar-refractivity contribution is 8.00. The molecule has 7 nitrogen and oxygen atoms in total. The SMILES string of the molecule is C[C@H]1Sc2ccc(C(=O)NC(C)(C)c3noc(C(C)(C)C)n3)cc2NC1=O. The van der Waals surface area contributed by atoms with E-state index in [9.17, 15) is 9.59 Å². The summed E-state index contributed by atoms with van der Waals surface area (Å²) in [5.41, 5.74) is 0.0310. The second-order valence-corrected chi connectivity index (χ2v) is 9.60. The molecule has 144 valence electrons. The van der Waals surface area contributed by atoms with Crippen LogP contribution in [-0.4, -0.2) is 27.2 Å². The third-order valence-electron chi connectivity index (χ3n) is 4.23. The van der Waals surface area contributed by atoms with Gasteiger partial charge in [0.05, 0.1) is 16.5 Å². The number of nitrogens with one attached hydrogen (secondary N) is 2. The number of carbonyl (C=O) groups is 2. The lowest BCUT2D eigenvalue weighted by atomic mass is 9.96. The highest BCUT2D eigenvalue weighted by Crippen LogP contribution is 2.36. The zero-order valence-electron chi connectivity index (χ0n) is 16.3. The number of aromatic nitrogens is 2. The van der Waals surface area contributed by atoms with Crippen molar-refractivity contribution in [3.8, 4) is 0 Å². The number of nitrogens with zero attached hydrogens (tertiary/aromatic N) is 2. The number of thioether (sulfide) groups is 1. The van der Waals surface area contributed by atoms with Crippen molar-refractivity contribution in [3.63, 3.8) is 0 Å². The van der Waals surface area contributed by atoms with E-state index in [4.69, 9.17) is 4.52 Å². The predicted molar refractivity (Wildman–Crippen MR) is 104 cm³/mol. The normalized spacial score (nSPS) is 17.3. The van der Waals surface area contributed by atoms with Crippen LogP contribution in [0.25, 0.3) is 0 Å². The largest absolute Gasteiger partial charge is 0.340 e. The molecule has 1 atom stereocenters. The number of hydrogen-bond acceptors (Lipinski definition) is 6. The lowest BCUT2D eigenvalue weighted by Gasteiger charge is -2.24. The Balaban J connectivity index is 1.79. The van der Waals surface area contributed by atoms with Crippen LogP contribution < -0.4 is 10.6 Å². The molecule has 0 unspecified atom stereocenters. The second kappa shape index (κ2) is 6.67. The Labute approximate surface area is 162 Å². The van der Waals surface area contributed by atoms with E-state index in [1.54, 1.807) is 12.1 Å². The molecule has 0 aliphatic carbocycles. The van der Waals surface area contributed by atoms with E-state index in [2.05, 4.69) is 20.8 Å². The van der Waals surface area contributed by atoms with Crippen molar-refractivity contribution in [1.82, 2.24) is 15.5 Å². The highest BCUT2D eigenvalue weighted by Gasteiger charge is 2.32. The number of fused-ring (bicyclic) bond motifs is 1. The molecule has 1 aliphatic heterocycles. The third-order valence-corrected chi connectivity index (χ3v) is 5.40. The molecule has 27 heavy (non-hydrogen) atoms. The maximum atomic E-state index is 12.8. The summed E-state index contributed by atoms with van der Waals surface area (Å²) in [6, 6.07) is 5.29. The first-order chi connectivity index (χ1) is 12.5. The van der Waals surface area contributed by atoms with Gasteiger partial charge in [0.1, 0.15) is 0 Å². The van der Waals surface area contributed by atoms with Crippen LogP contribution in [-0.2, 0) is 15.7 Å². The van der Waals surface area contributed by atoms with Crippen LogP contribution in [0.3, 0.4) is 0 Å². The van der Waals surface area contributed by atoms with Crippen LogP contribution in [0.4, 0.5) is 5.69 Å². The number of anilines is 1. The number of rotatable bonds is 3. The topological polar surface area (TPSA) is 97.1 Å². The van der Waals surface area contributed by atoms with Crippen molar-refractivity contribution in [2.45, 2.75) is 62.6 Å². The fourth-order valence-corrected chi connectivity index (χ4v) is 3.47. The van der Waals surface area contributed by atoms with Gasteiger partial charge in [0, 0.05) is 15.9 Å². The molecule has 0 saturated heterocycles. The van der Waals surface area contributed by atoms with Crippen LogP contribution in [0.5, 0.6) is 0 Å². The summed E-state index contributed by atoms with van der Waals surface area (Å²) < 4.78 is 5.34. The Morgan fingerprint density at radius 1 is 1.26 bits per heavy atom. The Morgan fingerprint density at radius 2 is 1.96 bits per heavy atom. The van der Waals surface area contributed by atoms with Crippen molar-refractivity contribution >= 4 is 29.3 Å². The van der Waals surface area contributed by atoms with E-state index in [-0.39, 0.29) is 22.5 Å². The first-order valence-electron chi connectivity index (χ1n) is 8.76. The fraction of sp³-hybridized carbons (Fsp3) is 0.474.